The van der Waals surface area contributed by atoms with Crippen LogP contribution in [0, 0.1) is 0 Å². The number of furan rings is 1. The second-order valence-electron chi connectivity index (χ2n) is 12.8. The fraction of sp³-hybridized carbons (Fsp3) is 0. The summed E-state index contributed by atoms with van der Waals surface area (Å²) in [5.74, 6) is 1.89. The monoisotopic (exact) mass is 670 g/mol. The van der Waals surface area contributed by atoms with Crippen molar-refractivity contribution in [3.05, 3.63) is 158 Å². The molecule has 0 atom stereocenters. The van der Waals surface area contributed by atoms with E-state index in [2.05, 4.69) is 132 Å². The van der Waals surface area contributed by atoms with Crippen molar-refractivity contribution in [2.75, 3.05) is 0 Å². The lowest BCUT2D eigenvalue weighted by Gasteiger charge is -2.11. The third-order valence-corrected chi connectivity index (χ3v) is 11.1. The van der Waals surface area contributed by atoms with Crippen molar-refractivity contribution in [1.29, 1.82) is 0 Å². The summed E-state index contributed by atoms with van der Waals surface area (Å²) in [5, 5.41) is 7.03. The van der Waals surface area contributed by atoms with Gasteiger partial charge in [0.05, 0.1) is 11.0 Å². The van der Waals surface area contributed by atoms with Gasteiger partial charge >= 0.3 is 0 Å². The first-order chi connectivity index (χ1) is 25.3. The summed E-state index contributed by atoms with van der Waals surface area (Å²) in [4.78, 5) is 15.5. The maximum absolute atomic E-state index is 6.15. The first-order valence-electron chi connectivity index (χ1n) is 16.9. The van der Waals surface area contributed by atoms with Gasteiger partial charge in [-0.2, -0.15) is 0 Å². The molecular weight excluding hydrogens is 645 g/mol. The Morgan fingerprint density at radius 1 is 0.431 bits per heavy atom. The average molecular weight is 671 g/mol. The Balaban J connectivity index is 1.11. The lowest BCUT2D eigenvalue weighted by atomic mass is 10.1. The molecule has 0 saturated heterocycles. The first-order valence-corrected chi connectivity index (χ1v) is 17.8. The number of nitrogens with zero attached hydrogens (tertiary/aromatic N) is 4. The Hall–Kier alpha value is -6.63. The van der Waals surface area contributed by atoms with Crippen LogP contribution in [-0.2, 0) is 0 Å². The van der Waals surface area contributed by atoms with Crippen molar-refractivity contribution in [3.63, 3.8) is 0 Å². The smallest absolute Gasteiger partial charge is 0.165 e. The Kier molecular flexibility index (Phi) is 6.05. The largest absolute Gasteiger partial charge is 0.456 e. The average Bonchev–Trinajstić information content (AvgIpc) is 3.87. The molecule has 5 nitrogen and oxygen atoms in total. The van der Waals surface area contributed by atoms with Crippen LogP contribution in [0.1, 0.15) is 0 Å². The summed E-state index contributed by atoms with van der Waals surface area (Å²) >= 11 is 1.78. The zero-order valence-electron chi connectivity index (χ0n) is 27.1. The highest BCUT2D eigenvalue weighted by molar-refractivity contribution is 7.26. The molecule has 4 aromatic heterocycles. The first kappa shape index (κ1) is 28.2. The standard InChI is InChI=1S/C45H26N4OS/c1-5-16-37-30(10-1)31-11-2-6-17-38(31)49(37)29-23-20-27(21-24-29)43-46-44(28-22-25-40-36(26-28)32-12-3-7-18-39(32)50-40)48-45(47-43)35-15-9-14-34-33-13-4-8-19-41(33)51-42(34)35/h1-26H. The molecule has 0 spiro atoms. The predicted octanol–water partition coefficient (Wildman–Crippen LogP) is 12.2. The van der Waals surface area contributed by atoms with E-state index in [0.29, 0.717) is 17.5 Å². The number of para-hydroxylation sites is 3. The third-order valence-electron chi connectivity index (χ3n) is 9.88. The highest BCUT2D eigenvalue weighted by Gasteiger charge is 2.18. The van der Waals surface area contributed by atoms with Crippen LogP contribution in [0.2, 0.25) is 0 Å². The number of hydrogen-bond donors (Lipinski definition) is 0. The van der Waals surface area contributed by atoms with E-state index < -0.39 is 0 Å². The van der Waals surface area contributed by atoms with Crippen LogP contribution in [-0.4, -0.2) is 19.5 Å². The molecule has 0 unspecified atom stereocenters. The van der Waals surface area contributed by atoms with Gasteiger partial charge in [0.25, 0.3) is 0 Å². The van der Waals surface area contributed by atoms with Crippen LogP contribution in [0.15, 0.2) is 162 Å². The van der Waals surface area contributed by atoms with Crippen LogP contribution in [0.25, 0.3) is 104 Å². The molecule has 238 valence electrons. The number of hydrogen-bond acceptors (Lipinski definition) is 5. The summed E-state index contributed by atoms with van der Waals surface area (Å²) in [5.41, 5.74) is 7.96. The Labute approximate surface area is 295 Å². The minimum absolute atomic E-state index is 0.617. The van der Waals surface area contributed by atoms with Gasteiger partial charge in [-0.3, -0.25) is 0 Å². The zero-order chi connectivity index (χ0) is 33.5. The Morgan fingerprint density at radius 2 is 1.02 bits per heavy atom. The van der Waals surface area contributed by atoms with Crippen LogP contribution in [0.4, 0.5) is 0 Å². The van der Waals surface area contributed by atoms with Crippen LogP contribution in [0.3, 0.4) is 0 Å². The van der Waals surface area contributed by atoms with Gasteiger partial charge in [0.2, 0.25) is 0 Å². The fourth-order valence-electron chi connectivity index (χ4n) is 7.50. The molecule has 11 aromatic rings. The molecule has 0 bridgehead atoms. The molecular formula is C45H26N4OS. The highest BCUT2D eigenvalue weighted by Crippen LogP contribution is 2.40. The van der Waals surface area contributed by atoms with Crippen molar-refractivity contribution >= 4 is 75.3 Å². The van der Waals surface area contributed by atoms with Crippen LogP contribution in [0.5, 0.6) is 0 Å². The summed E-state index contributed by atoms with van der Waals surface area (Å²) in [6.45, 7) is 0. The lowest BCUT2D eigenvalue weighted by Crippen LogP contribution is -2.00. The van der Waals surface area contributed by atoms with E-state index in [1.807, 2.05) is 30.3 Å². The van der Waals surface area contributed by atoms with Crippen molar-refractivity contribution in [2.24, 2.45) is 0 Å². The molecule has 0 aliphatic carbocycles. The normalized spacial score (nSPS) is 11.9. The van der Waals surface area contributed by atoms with Crippen molar-refractivity contribution < 1.29 is 4.42 Å². The molecule has 0 fully saturated rings. The van der Waals surface area contributed by atoms with Crippen molar-refractivity contribution in [3.8, 4) is 39.9 Å². The Morgan fingerprint density at radius 3 is 1.80 bits per heavy atom. The number of thiophene rings is 1. The molecule has 51 heavy (non-hydrogen) atoms. The van der Waals surface area contributed by atoms with E-state index in [4.69, 9.17) is 19.4 Å². The molecule has 0 saturated carbocycles. The molecule has 11 rings (SSSR count). The van der Waals surface area contributed by atoms with Gasteiger partial charge in [-0.15, -0.1) is 11.3 Å². The molecule has 4 heterocycles. The van der Waals surface area contributed by atoms with Gasteiger partial charge < -0.3 is 8.98 Å². The van der Waals surface area contributed by atoms with Gasteiger partial charge in [-0.1, -0.05) is 84.9 Å². The highest BCUT2D eigenvalue weighted by atomic mass is 32.1. The van der Waals surface area contributed by atoms with E-state index in [1.165, 1.54) is 42.0 Å². The summed E-state index contributed by atoms with van der Waals surface area (Å²) in [7, 11) is 0. The fourth-order valence-corrected chi connectivity index (χ4v) is 8.72. The molecule has 6 heteroatoms. The molecule has 0 N–H and O–H groups in total. The molecule has 0 amide bonds. The minimum Gasteiger partial charge on any atom is -0.456 e. The number of fused-ring (bicyclic) bond motifs is 9. The zero-order valence-corrected chi connectivity index (χ0v) is 27.9. The van der Waals surface area contributed by atoms with Gasteiger partial charge in [0.15, 0.2) is 17.5 Å². The lowest BCUT2D eigenvalue weighted by molar-refractivity contribution is 0.669. The molecule has 0 aliphatic rings. The van der Waals surface area contributed by atoms with Crippen LogP contribution >= 0.6 is 11.3 Å². The maximum atomic E-state index is 6.15. The second-order valence-corrected chi connectivity index (χ2v) is 13.9. The SMILES string of the molecule is c1ccc2c(c1)oc1ccc(-c3nc(-c4ccc(-n5c6ccccc6c6ccccc65)cc4)nc(-c4cccc5c4sc4ccccc45)n3)cc12. The Bertz CT molecular complexity index is 3100. The van der Waals surface area contributed by atoms with E-state index in [-0.39, 0.29) is 0 Å². The number of rotatable bonds is 4. The van der Waals surface area contributed by atoms with Gasteiger partial charge in [0.1, 0.15) is 11.2 Å². The number of benzene rings is 7. The van der Waals surface area contributed by atoms with Gasteiger partial charge in [-0.05, 0) is 72.8 Å². The quantitative estimate of drug-likeness (QED) is 0.187. The maximum Gasteiger partial charge on any atom is 0.165 e. The predicted molar refractivity (Wildman–Crippen MR) is 211 cm³/mol. The molecule has 0 aliphatic heterocycles. The van der Waals surface area contributed by atoms with E-state index in [0.717, 1.165) is 44.3 Å². The second kappa shape index (κ2) is 10.9. The van der Waals surface area contributed by atoms with Gasteiger partial charge in [0, 0.05) is 64.1 Å². The van der Waals surface area contributed by atoms with E-state index >= 15 is 0 Å². The third kappa shape index (κ3) is 4.37. The minimum atomic E-state index is 0.617. The summed E-state index contributed by atoms with van der Waals surface area (Å²) < 4.78 is 10.9. The molecule has 7 aromatic carbocycles. The van der Waals surface area contributed by atoms with Crippen molar-refractivity contribution in [2.45, 2.75) is 0 Å². The van der Waals surface area contributed by atoms with E-state index in [9.17, 15) is 0 Å². The van der Waals surface area contributed by atoms with E-state index in [1.54, 1.807) is 11.3 Å². The number of aromatic nitrogens is 4. The van der Waals surface area contributed by atoms with Gasteiger partial charge in [-0.25, -0.2) is 15.0 Å². The summed E-state index contributed by atoms with van der Waals surface area (Å²) in [6.07, 6.45) is 0. The topological polar surface area (TPSA) is 56.7 Å². The van der Waals surface area contributed by atoms with Crippen LogP contribution < -0.4 is 0 Å². The summed E-state index contributed by atoms with van der Waals surface area (Å²) in [6, 6.07) is 55.0. The van der Waals surface area contributed by atoms with Crippen molar-refractivity contribution in [1.82, 2.24) is 19.5 Å². The molecule has 0 radical (unpaired) electrons.